The fourth-order valence-electron chi connectivity index (χ4n) is 4.88. The number of rotatable bonds is 5. The van der Waals surface area contributed by atoms with Crippen molar-refractivity contribution in [1.82, 2.24) is 18.7 Å². The number of nitrogens with one attached hydrogen (secondary N) is 1. The minimum Gasteiger partial charge on any atom is -0.444 e. The summed E-state index contributed by atoms with van der Waals surface area (Å²) >= 11 is 0. The van der Waals surface area contributed by atoms with E-state index < -0.39 is 21.7 Å². The lowest BCUT2D eigenvalue weighted by molar-refractivity contribution is 0.0636. The van der Waals surface area contributed by atoms with Gasteiger partial charge in [0.05, 0.1) is 24.2 Å². The molecule has 0 radical (unpaired) electrons. The van der Waals surface area contributed by atoms with E-state index in [2.05, 4.69) is 10.4 Å². The summed E-state index contributed by atoms with van der Waals surface area (Å²) in [6, 6.07) is 15.5. The Morgan fingerprint density at radius 1 is 1.10 bits per heavy atom. The second-order valence-corrected chi connectivity index (χ2v) is 12.5. The van der Waals surface area contributed by atoms with Crippen molar-refractivity contribution in [1.29, 1.82) is 0 Å². The lowest BCUT2D eigenvalue weighted by Crippen LogP contribution is -2.36. The molecule has 0 atom stereocenters. The van der Waals surface area contributed by atoms with Gasteiger partial charge in [-0.15, -0.1) is 0 Å². The zero-order chi connectivity index (χ0) is 27.9. The van der Waals surface area contributed by atoms with Crippen LogP contribution in [0.1, 0.15) is 37.6 Å². The number of carbonyl (C=O) groups is 1. The molecule has 1 N–H and O–H groups in total. The van der Waals surface area contributed by atoms with Gasteiger partial charge in [0.25, 0.3) is 5.56 Å². The maximum Gasteiger partial charge on any atom is 0.412 e. The highest BCUT2D eigenvalue weighted by atomic mass is 32.2. The molecule has 2 aromatic heterocycles. The van der Waals surface area contributed by atoms with E-state index in [1.807, 2.05) is 6.07 Å². The largest absolute Gasteiger partial charge is 0.444 e. The smallest absolute Gasteiger partial charge is 0.412 e. The van der Waals surface area contributed by atoms with Crippen LogP contribution in [0, 0.1) is 0 Å². The zero-order valence-corrected chi connectivity index (χ0v) is 23.2. The molecule has 1 aliphatic rings. The van der Waals surface area contributed by atoms with Gasteiger partial charge in [-0.25, -0.2) is 17.9 Å². The first-order valence-corrected chi connectivity index (χ1v) is 14.1. The van der Waals surface area contributed by atoms with Gasteiger partial charge in [0.2, 0.25) is 10.0 Å². The van der Waals surface area contributed by atoms with E-state index in [1.165, 1.54) is 8.99 Å². The molecule has 11 heteroatoms. The van der Waals surface area contributed by atoms with Crippen molar-refractivity contribution < 1.29 is 17.9 Å². The summed E-state index contributed by atoms with van der Waals surface area (Å²) in [7, 11) is -1.87. The number of hydrogen-bond acceptors (Lipinski definition) is 6. The third kappa shape index (κ3) is 5.32. The highest BCUT2D eigenvalue weighted by molar-refractivity contribution is 7.89. The van der Waals surface area contributed by atoms with Crippen LogP contribution < -0.4 is 10.9 Å². The molecule has 4 aromatic rings. The number of fused-ring (bicyclic) bond motifs is 3. The lowest BCUT2D eigenvalue weighted by atomic mass is 10.1. The molecule has 2 aromatic carbocycles. The van der Waals surface area contributed by atoms with Crippen molar-refractivity contribution in [2.75, 3.05) is 11.9 Å². The summed E-state index contributed by atoms with van der Waals surface area (Å²) in [5.41, 5.74) is 2.65. The van der Waals surface area contributed by atoms with Crippen LogP contribution in [0.3, 0.4) is 0 Å². The molecule has 0 saturated heterocycles. The number of sulfonamides is 1. The van der Waals surface area contributed by atoms with Crippen LogP contribution in [0.2, 0.25) is 0 Å². The van der Waals surface area contributed by atoms with Crippen LogP contribution in [-0.4, -0.2) is 45.3 Å². The van der Waals surface area contributed by atoms with E-state index in [1.54, 1.807) is 87.1 Å². The molecule has 0 aliphatic carbocycles. The number of aromatic nitrogens is 3. The quantitative estimate of drug-likeness (QED) is 0.404. The second kappa shape index (κ2) is 9.97. The van der Waals surface area contributed by atoms with E-state index in [-0.39, 0.29) is 23.5 Å². The maximum absolute atomic E-state index is 13.5. The van der Waals surface area contributed by atoms with Gasteiger partial charge in [0.1, 0.15) is 11.1 Å². The predicted octanol–water partition coefficient (Wildman–Crippen LogP) is 3.88. The average molecular weight is 550 g/mol. The summed E-state index contributed by atoms with van der Waals surface area (Å²) in [6.45, 7) is 6.07. The van der Waals surface area contributed by atoms with Gasteiger partial charge in [-0.3, -0.25) is 10.1 Å². The standard InChI is InChI=1S/C28H31N5O5S/c1-28(2,3)38-27(35)30-20-10-8-9-19(15-20)17-33-26(34)25-23(16-29-33)22-13-14-32(18-24(22)31(25)4)39(36,37)21-11-6-5-7-12-21/h5-12,15-16H,13-14,17-18H2,1-4H3,(H,30,35). The summed E-state index contributed by atoms with van der Waals surface area (Å²) in [6.07, 6.45) is 1.61. The summed E-state index contributed by atoms with van der Waals surface area (Å²) in [5, 5.41) is 7.88. The van der Waals surface area contributed by atoms with E-state index in [0.29, 0.717) is 24.2 Å². The predicted molar refractivity (Wildman–Crippen MR) is 148 cm³/mol. The molecule has 0 spiro atoms. The molecule has 204 valence electrons. The van der Waals surface area contributed by atoms with E-state index >= 15 is 0 Å². The van der Waals surface area contributed by atoms with E-state index in [0.717, 1.165) is 22.2 Å². The van der Waals surface area contributed by atoms with Crippen LogP contribution in [-0.2, 0) is 41.3 Å². The van der Waals surface area contributed by atoms with Gasteiger partial charge in [0.15, 0.2) is 0 Å². The fraction of sp³-hybridized carbons (Fsp3) is 0.321. The molecule has 3 heterocycles. The Labute approximate surface area is 226 Å². The number of nitrogens with zero attached hydrogens (tertiary/aromatic N) is 4. The minimum absolute atomic E-state index is 0.176. The van der Waals surface area contributed by atoms with Crippen molar-refractivity contribution in [2.45, 2.75) is 50.8 Å². The third-order valence-electron chi connectivity index (χ3n) is 6.66. The van der Waals surface area contributed by atoms with Crippen molar-refractivity contribution in [3.63, 3.8) is 0 Å². The van der Waals surface area contributed by atoms with Crippen molar-refractivity contribution in [3.8, 4) is 0 Å². The Morgan fingerprint density at radius 2 is 1.85 bits per heavy atom. The Hall–Kier alpha value is -3.96. The lowest BCUT2D eigenvalue weighted by Gasteiger charge is -2.27. The molecule has 0 fully saturated rings. The molecule has 1 aliphatic heterocycles. The summed E-state index contributed by atoms with van der Waals surface area (Å²) < 4.78 is 36.4. The van der Waals surface area contributed by atoms with Crippen LogP contribution in [0.15, 0.2) is 70.5 Å². The molecule has 0 unspecified atom stereocenters. The van der Waals surface area contributed by atoms with Crippen molar-refractivity contribution in [3.05, 3.63) is 88.0 Å². The Balaban J connectivity index is 1.42. The Morgan fingerprint density at radius 3 is 2.56 bits per heavy atom. The molecule has 0 bridgehead atoms. The average Bonchev–Trinajstić information content (AvgIpc) is 3.17. The maximum atomic E-state index is 13.5. The van der Waals surface area contributed by atoms with Crippen LogP contribution in [0.25, 0.3) is 10.9 Å². The van der Waals surface area contributed by atoms with Gasteiger partial charge in [-0.2, -0.15) is 9.40 Å². The minimum atomic E-state index is -3.66. The molecule has 39 heavy (non-hydrogen) atoms. The molecule has 0 saturated carbocycles. The number of amides is 1. The summed E-state index contributed by atoms with van der Waals surface area (Å²) in [5.74, 6) is 0. The zero-order valence-electron chi connectivity index (χ0n) is 22.3. The number of benzene rings is 2. The number of ether oxygens (including phenoxy) is 1. The van der Waals surface area contributed by atoms with Crippen LogP contribution >= 0.6 is 0 Å². The van der Waals surface area contributed by atoms with Gasteiger partial charge in [0, 0.05) is 30.4 Å². The number of anilines is 1. The van der Waals surface area contributed by atoms with Gasteiger partial charge in [-0.05, 0) is 62.6 Å². The van der Waals surface area contributed by atoms with Crippen molar-refractivity contribution >= 4 is 32.7 Å². The Bertz CT molecular complexity index is 1720. The molecular weight excluding hydrogens is 518 g/mol. The number of carbonyl (C=O) groups excluding carboxylic acids is 1. The van der Waals surface area contributed by atoms with E-state index in [4.69, 9.17) is 4.74 Å². The summed E-state index contributed by atoms with van der Waals surface area (Å²) in [4.78, 5) is 26.0. The molecule has 5 rings (SSSR count). The highest BCUT2D eigenvalue weighted by Crippen LogP contribution is 2.30. The SMILES string of the molecule is Cn1c2c(c3cnn(Cc4cccc(NC(=O)OC(C)(C)C)c4)c(=O)c31)CCN(S(=O)(=O)c1ccccc1)C2. The first-order chi connectivity index (χ1) is 18.4. The highest BCUT2D eigenvalue weighted by Gasteiger charge is 2.32. The molecular formula is C28H31N5O5S. The van der Waals surface area contributed by atoms with Crippen molar-refractivity contribution in [2.24, 2.45) is 7.05 Å². The van der Waals surface area contributed by atoms with Gasteiger partial charge in [-0.1, -0.05) is 30.3 Å². The third-order valence-corrected chi connectivity index (χ3v) is 8.51. The van der Waals surface area contributed by atoms with Gasteiger partial charge >= 0.3 is 6.09 Å². The van der Waals surface area contributed by atoms with Crippen LogP contribution in [0.5, 0.6) is 0 Å². The molecule has 1 amide bonds. The second-order valence-electron chi connectivity index (χ2n) is 10.6. The van der Waals surface area contributed by atoms with Gasteiger partial charge < -0.3 is 9.30 Å². The first-order valence-electron chi connectivity index (χ1n) is 12.6. The normalized spacial score (nSPS) is 14.3. The molecule has 10 nitrogen and oxygen atoms in total. The fourth-order valence-corrected chi connectivity index (χ4v) is 6.30. The topological polar surface area (TPSA) is 116 Å². The monoisotopic (exact) mass is 549 g/mol. The first kappa shape index (κ1) is 26.6. The van der Waals surface area contributed by atoms with E-state index in [9.17, 15) is 18.0 Å². The Kier molecular flexibility index (Phi) is 6.81. The number of hydrogen-bond donors (Lipinski definition) is 1. The number of aryl methyl sites for hydroxylation is 1. The van der Waals surface area contributed by atoms with Crippen LogP contribution in [0.4, 0.5) is 10.5 Å².